The summed E-state index contributed by atoms with van der Waals surface area (Å²) in [6.45, 7) is -0.0672. The van der Waals surface area contributed by atoms with Crippen LogP contribution in [-0.2, 0) is 9.13 Å². The average molecular weight is 287 g/mol. The fourth-order valence-electron chi connectivity index (χ4n) is 0.791. The van der Waals surface area contributed by atoms with E-state index in [-0.39, 0.29) is 49.9 Å². The molecule has 11 heteroatoms. The van der Waals surface area contributed by atoms with Gasteiger partial charge in [0.15, 0.2) is 7.60 Å². The molecule has 0 aromatic rings. The van der Waals surface area contributed by atoms with Crippen LogP contribution in [0.2, 0.25) is 0 Å². The third-order valence-electron chi connectivity index (χ3n) is 1.64. The molecule has 0 aromatic heterocycles. The zero-order valence-corrected chi connectivity index (χ0v) is 11.9. The molecule has 6 N–H and O–H groups in total. The second-order valence-corrected chi connectivity index (χ2v) is 6.69. The predicted molar refractivity (Wildman–Crippen MR) is 51.8 cm³/mol. The maximum atomic E-state index is 10.7. The van der Waals surface area contributed by atoms with E-state index in [1.54, 1.807) is 0 Å². The van der Waals surface area contributed by atoms with Crippen LogP contribution in [0.15, 0.2) is 0 Å². The van der Waals surface area contributed by atoms with Gasteiger partial charge in [-0.05, 0) is 19.4 Å². The van der Waals surface area contributed by atoms with Crippen LogP contribution < -0.4 is 40.2 Å². The molecule has 94 valence electrons. The Balaban J connectivity index is -0.000000845. The fraction of sp³-hybridized carbons (Fsp3) is 1.00. The monoisotopic (exact) mass is 287 g/mol. The van der Waals surface area contributed by atoms with Crippen molar-refractivity contribution in [1.29, 1.82) is 0 Å². The Hall–Kier alpha value is 1.22. The number of rotatable bonds is 5. The Morgan fingerprint density at radius 2 is 1.62 bits per heavy atom. The molecule has 0 amide bonds. The number of aliphatic hydroxyl groups is 1. The van der Waals surface area contributed by atoms with Crippen molar-refractivity contribution in [1.82, 2.24) is 0 Å². The van der Waals surface area contributed by atoms with Gasteiger partial charge in [-0.15, -0.1) is 0 Å². The third kappa shape index (κ3) is 5.25. The first kappa shape index (κ1) is 22.4. The molecule has 0 bridgehead atoms. The quantitative estimate of drug-likeness (QED) is 0.250. The van der Waals surface area contributed by atoms with E-state index >= 15 is 0 Å². The first-order chi connectivity index (χ1) is 6.06. The van der Waals surface area contributed by atoms with E-state index in [2.05, 4.69) is 0 Å². The van der Waals surface area contributed by atoms with Crippen LogP contribution in [0.4, 0.5) is 0 Å². The molecule has 0 aliphatic carbocycles. The van der Waals surface area contributed by atoms with Gasteiger partial charge >= 0.3 is 37.2 Å². The summed E-state index contributed by atoms with van der Waals surface area (Å²) in [5, 5.41) is 5.74. The summed E-state index contributed by atoms with van der Waals surface area (Å²) >= 11 is 0. The van der Waals surface area contributed by atoms with Gasteiger partial charge in [-0.1, -0.05) is 7.43 Å². The summed E-state index contributed by atoms with van der Waals surface area (Å²) in [5.41, 5.74) is 4.98. The van der Waals surface area contributed by atoms with Gasteiger partial charge in [0.25, 0.3) is 0 Å². The van der Waals surface area contributed by atoms with Crippen molar-refractivity contribution in [3.63, 3.8) is 0 Å². The smallest absolute Gasteiger partial charge is 0.776 e. The summed E-state index contributed by atoms with van der Waals surface area (Å²) < 4.78 is 21.3. The van der Waals surface area contributed by atoms with Gasteiger partial charge in [-0.3, -0.25) is 4.57 Å². The summed E-state index contributed by atoms with van der Waals surface area (Å²) in [6.07, 6.45) is -0.959. The van der Waals surface area contributed by atoms with E-state index in [0.717, 1.165) is 0 Å². The summed E-state index contributed by atoms with van der Waals surface area (Å²) in [5.74, 6) is 0. The summed E-state index contributed by atoms with van der Waals surface area (Å²) in [4.78, 5) is 36.3. The molecule has 0 heterocycles. The molecule has 0 spiro atoms. The van der Waals surface area contributed by atoms with E-state index in [0.29, 0.717) is 0 Å². The van der Waals surface area contributed by atoms with Crippen LogP contribution in [-0.4, -0.2) is 31.4 Å². The maximum absolute atomic E-state index is 10.7. The average Bonchev–Trinajstić information content (AvgIpc) is 1.95. The van der Waals surface area contributed by atoms with E-state index in [1.165, 1.54) is 0 Å². The van der Waals surface area contributed by atoms with E-state index < -0.39 is 26.7 Å². The molecular weight excluding hydrogens is 271 g/mol. The summed E-state index contributed by atoms with van der Waals surface area (Å²) in [6, 6.07) is 0. The zero-order valence-electron chi connectivity index (χ0n) is 8.11. The SMILES string of the molecule is C.NCCCC(O)(P(=O)([O-])O)P(=O)(O)O.[Na+]. The molecule has 0 aliphatic rings. The van der Waals surface area contributed by atoms with Crippen LogP contribution in [0.25, 0.3) is 0 Å². The number of nitrogens with two attached hydrogens (primary N) is 1. The van der Waals surface area contributed by atoms with E-state index in [4.69, 9.17) is 20.4 Å². The van der Waals surface area contributed by atoms with Gasteiger partial charge in [-0.2, -0.15) is 0 Å². The van der Waals surface area contributed by atoms with Crippen molar-refractivity contribution >= 4 is 15.2 Å². The van der Waals surface area contributed by atoms with Crippen LogP contribution in [0.1, 0.15) is 20.3 Å². The minimum absolute atomic E-state index is 0. The Kier molecular flexibility index (Phi) is 10.7. The van der Waals surface area contributed by atoms with Crippen molar-refractivity contribution in [2.24, 2.45) is 5.73 Å². The topological polar surface area (TPSA) is 164 Å². The Bertz CT molecular complexity index is 265. The maximum Gasteiger partial charge on any atom is 1.00 e. The Labute approximate surface area is 116 Å². The third-order valence-corrected chi connectivity index (χ3v) is 5.46. The van der Waals surface area contributed by atoms with Crippen molar-refractivity contribution in [2.45, 2.75) is 25.4 Å². The van der Waals surface area contributed by atoms with Crippen molar-refractivity contribution in [3.05, 3.63) is 0 Å². The molecule has 16 heavy (non-hydrogen) atoms. The van der Waals surface area contributed by atoms with Crippen molar-refractivity contribution < 1.29 is 63.4 Å². The van der Waals surface area contributed by atoms with E-state index in [1.807, 2.05) is 0 Å². The van der Waals surface area contributed by atoms with E-state index in [9.17, 15) is 19.1 Å². The normalized spacial score (nSPS) is 18.6. The largest absolute Gasteiger partial charge is 1.00 e. The Morgan fingerprint density at radius 3 is 1.81 bits per heavy atom. The van der Waals surface area contributed by atoms with Gasteiger partial charge in [0.05, 0.1) is 0 Å². The Morgan fingerprint density at radius 1 is 1.25 bits per heavy atom. The van der Waals surface area contributed by atoms with Crippen molar-refractivity contribution in [2.75, 3.05) is 6.54 Å². The minimum atomic E-state index is -5.55. The molecule has 0 radical (unpaired) electrons. The van der Waals surface area contributed by atoms with Gasteiger partial charge in [0.2, 0.25) is 5.08 Å². The number of hydrogen-bond donors (Lipinski definition) is 5. The minimum Gasteiger partial charge on any atom is -0.776 e. The molecule has 2 unspecified atom stereocenters. The predicted octanol–water partition coefficient (Wildman–Crippen LogP) is -4.27. The first-order valence-corrected chi connectivity index (χ1v) is 6.77. The van der Waals surface area contributed by atoms with Gasteiger partial charge < -0.3 is 35.0 Å². The first-order valence-electron chi connectivity index (χ1n) is 3.58. The molecule has 0 saturated carbocycles. The van der Waals surface area contributed by atoms with Crippen LogP contribution in [0.5, 0.6) is 0 Å². The molecule has 2 atom stereocenters. The second-order valence-electron chi connectivity index (χ2n) is 2.73. The van der Waals surface area contributed by atoms with Crippen LogP contribution in [0, 0.1) is 0 Å². The van der Waals surface area contributed by atoms with Gasteiger partial charge in [0.1, 0.15) is 0 Å². The van der Waals surface area contributed by atoms with Gasteiger partial charge in [0, 0.05) is 0 Å². The molecule has 0 aliphatic heterocycles. The zero-order chi connectivity index (χ0) is 11.6. The standard InChI is InChI=1S/C4H13NO7P2.CH4.Na/c5-3-1-2-4(6,13(7,8)9)14(10,11)12;;/h6H,1-3,5H2,(H2,7,8,9)(H2,10,11,12);1H4;/q;;+1/p-1. The molecule has 0 saturated heterocycles. The molecule has 0 fully saturated rings. The van der Waals surface area contributed by atoms with Crippen LogP contribution >= 0.6 is 15.2 Å². The molecule has 0 rings (SSSR count). The second kappa shape index (κ2) is 7.61. The van der Waals surface area contributed by atoms with Crippen molar-refractivity contribution in [3.8, 4) is 0 Å². The summed E-state index contributed by atoms with van der Waals surface area (Å²) in [7, 11) is -10.9. The van der Waals surface area contributed by atoms with Crippen LogP contribution in [0.3, 0.4) is 0 Å². The van der Waals surface area contributed by atoms with Gasteiger partial charge in [-0.25, -0.2) is 0 Å². The fourth-order valence-corrected chi connectivity index (χ4v) is 3.00. The molecule has 8 nitrogen and oxygen atoms in total. The molecular formula is C5H16NNaO7P2. The molecule has 0 aromatic carbocycles. The number of hydrogen-bond acceptors (Lipinski definition) is 5.